The van der Waals surface area contributed by atoms with Crippen LogP contribution in [0.3, 0.4) is 0 Å². The first-order valence-electron chi connectivity index (χ1n) is 10.3. The Morgan fingerprint density at radius 2 is 1.82 bits per heavy atom. The Morgan fingerprint density at radius 3 is 2.64 bits per heavy atom. The zero-order chi connectivity index (χ0) is 22.6. The second kappa shape index (κ2) is 9.22. The lowest BCUT2D eigenvalue weighted by molar-refractivity contribution is -0.113. The van der Waals surface area contributed by atoms with Crippen LogP contribution in [-0.2, 0) is 4.79 Å². The number of fused-ring (bicyclic) bond motifs is 1. The van der Waals surface area contributed by atoms with Crippen LogP contribution in [0.4, 0.5) is 5.69 Å². The summed E-state index contributed by atoms with van der Waals surface area (Å²) in [6.45, 7) is 0. The molecule has 164 valence electrons. The van der Waals surface area contributed by atoms with Gasteiger partial charge in [0.15, 0.2) is 10.9 Å². The molecular weight excluding hydrogens is 436 g/mol. The maximum Gasteiger partial charge on any atom is 0.234 e. The Hall–Kier alpha value is -4.04. The zero-order valence-corrected chi connectivity index (χ0v) is 18.6. The minimum atomic E-state index is -0.152. The Morgan fingerprint density at radius 1 is 1.00 bits per heavy atom. The van der Waals surface area contributed by atoms with Gasteiger partial charge in [-0.15, -0.1) is 10.2 Å². The number of methoxy groups -OCH3 is 1. The molecule has 33 heavy (non-hydrogen) atoms. The first-order chi connectivity index (χ1) is 16.2. The molecule has 0 radical (unpaired) electrons. The van der Waals surface area contributed by atoms with Gasteiger partial charge in [0.1, 0.15) is 11.3 Å². The fraction of sp³-hybridized carbons (Fsp3) is 0.0800. The first-order valence-corrected chi connectivity index (χ1v) is 11.3. The fourth-order valence-electron chi connectivity index (χ4n) is 3.45. The van der Waals surface area contributed by atoms with Gasteiger partial charge in [0.05, 0.1) is 12.9 Å². The molecule has 5 rings (SSSR count). The van der Waals surface area contributed by atoms with Crippen molar-refractivity contribution >= 4 is 34.3 Å². The van der Waals surface area contributed by atoms with Crippen molar-refractivity contribution in [3.8, 4) is 23.0 Å². The number of benzene rings is 3. The lowest BCUT2D eigenvalue weighted by Crippen LogP contribution is -2.14. The number of ether oxygens (including phenoxy) is 1. The molecule has 0 aliphatic rings. The molecule has 1 N–H and O–H groups in total. The number of carbonyl (C=O) groups excluding carboxylic acids is 1. The quantitative estimate of drug-likeness (QED) is 0.329. The zero-order valence-electron chi connectivity index (χ0n) is 17.8. The van der Waals surface area contributed by atoms with E-state index < -0.39 is 0 Å². The fourth-order valence-corrected chi connectivity index (χ4v) is 4.20. The van der Waals surface area contributed by atoms with E-state index in [0.717, 1.165) is 16.7 Å². The molecule has 0 fully saturated rings. The summed E-state index contributed by atoms with van der Waals surface area (Å²) in [5.41, 5.74) is 2.34. The molecule has 8 heteroatoms. The summed E-state index contributed by atoms with van der Waals surface area (Å²) in [7, 11) is 1.59. The van der Waals surface area contributed by atoms with Crippen LogP contribution in [0.1, 0.15) is 0 Å². The van der Waals surface area contributed by atoms with Gasteiger partial charge in [-0.3, -0.25) is 9.36 Å². The van der Waals surface area contributed by atoms with Gasteiger partial charge in [0, 0.05) is 22.8 Å². The smallest absolute Gasteiger partial charge is 0.234 e. The van der Waals surface area contributed by atoms with E-state index in [1.165, 1.54) is 11.8 Å². The monoisotopic (exact) mass is 456 g/mol. The number of anilines is 1. The van der Waals surface area contributed by atoms with Crippen molar-refractivity contribution in [1.82, 2.24) is 14.8 Å². The highest BCUT2D eigenvalue weighted by Gasteiger charge is 2.20. The molecule has 0 bridgehead atoms. The lowest BCUT2D eigenvalue weighted by atomic mass is 10.2. The van der Waals surface area contributed by atoms with Crippen LogP contribution in [0.2, 0.25) is 0 Å². The van der Waals surface area contributed by atoms with Crippen LogP contribution in [0.25, 0.3) is 28.2 Å². The maximum absolute atomic E-state index is 12.6. The molecule has 0 spiro atoms. The van der Waals surface area contributed by atoms with E-state index >= 15 is 0 Å². The van der Waals surface area contributed by atoms with Gasteiger partial charge in [-0.1, -0.05) is 54.2 Å². The molecule has 2 aromatic heterocycles. The van der Waals surface area contributed by atoms with Crippen LogP contribution >= 0.6 is 11.8 Å². The topological polar surface area (TPSA) is 82.2 Å². The molecule has 1 amide bonds. The molecule has 0 aliphatic carbocycles. The summed E-state index contributed by atoms with van der Waals surface area (Å²) < 4.78 is 13.1. The van der Waals surface area contributed by atoms with Crippen molar-refractivity contribution in [1.29, 1.82) is 0 Å². The third-order valence-corrected chi connectivity index (χ3v) is 5.91. The van der Waals surface area contributed by atoms with Crippen LogP contribution in [0.5, 0.6) is 5.75 Å². The number of aromatic nitrogens is 3. The van der Waals surface area contributed by atoms with E-state index in [9.17, 15) is 4.79 Å². The van der Waals surface area contributed by atoms with Crippen molar-refractivity contribution in [3.05, 3.63) is 84.9 Å². The number of thioether (sulfide) groups is 1. The average molecular weight is 457 g/mol. The number of nitrogens with zero attached hydrogens (tertiary/aromatic N) is 3. The van der Waals surface area contributed by atoms with Crippen LogP contribution < -0.4 is 10.1 Å². The van der Waals surface area contributed by atoms with Gasteiger partial charge < -0.3 is 14.5 Å². The third kappa shape index (κ3) is 4.47. The van der Waals surface area contributed by atoms with Crippen LogP contribution in [-0.4, -0.2) is 33.5 Å². The van der Waals surface area contributed by atoms with E-state index in [-0.39, 0.29) is 11.7 Å². The molecule has 2 heterocycles. The number of furan rings is 1. The molecular formula is C25H20N4O3S. The normalized spacial score (nSPS) is 10.9. The second-order valence-electron chi connectivity index (χ2n) is 7.19. The molecule has 0 saturated carbocycles. The highest BCUT2D eigenvalue weighted by Crippen LogP contribution is 2.31. The molecule has 3 aromatic carbocycles. The van der Waals surface area contributed by atoms with Crippen molar-refractivity contribution in [2.75, 3.05) is 18.2 Å². The number of para-hydroxylation sites is 2. The van der Waals surface area contributed by atoms with Crippen molar-refractivity contribution in [2.24, 2.45) is 0 Å². The molecule has 0 saturated heterocycles. The standard InChI is InChI=1S/C25H20N4O3S/c1-31-20-12-7-9-18(15-20)26-23(30)16-33-25-28-27-24(29(25)19-10-3-2-4-11-19)22-14-17-8-5-6-13-21(17)32-22/h2-15H,16H2,1H3,(H,26,30). The Labute approximate surface area is 194 Å². The number of nitrogens with one attached hydrogen (secondary N) is 1. The van der Waals surface area contributed by atoms with Gasteiger partial charge >= 0.3 is 0 Å². The summed E-state index contributed by atoms with van der Waals surface area (Å²) in [5.74, 6) is 1.89. The van der Waals surface area contributed by atoms with E-state index in [1.807, 2.05) is 83.4 Å². The minimum absolute atomic E-state index is 0.152. The molecule has 0 unspecified atom stereocenters. The molecule has 5 aromatic rings. The van der Waals surface area contributed by atoms with Crippen molar-refractivity contribution in [2.45, 2.75) is 5.16 Å². The SMILES string of the molecule is COc1cccc(NC(=O)CSc2nnc(-c3cc4ccccc4o3)n2-c2ccccc2)c1. The van der Waals surface area contributed by atoms with Crippen LogP contribution in [0, 0.1) is 0 Å². The first kappa shape index (κ1) is 20.8. The number of hydrogen-bond acceptors (Lipinski definition) is 6. The predicted molar refractivity (Wildman–Crippen MR) is 129 cm³/mol. The van der Waals surface area contributed by atoms with Gasteiger partial charge in [0.2, 0.25) is 11.7 Å². The van der Waals surface area contributed by atoms with Gasteiger partial charge in [-0.2, -0.15) is 0 Å². The number of carbonyl (C=O) groups is 1. The number of hydrogen-bond donors (Lipinski definition) is 1. The van der Waals surface area contributed by atoms with Gasteiger partial charge in [-0.25, -0.2) is 0 Å². The highest BCUT2D eigenvalue weighted by atomic mass is 32.2. The molecule has 7 nitrogen and oxygen atoms in total. The summed E-state index contributed by atoms with van der Waals surface area (Å²) in [5, 5.41) is 13.2. The van der Waals surface area contributed by atoms with E-state index in [2.05, 4.69) is 15.5 Å². The largest absolute Gasteiger partial charge is 0.497 e. The van der Waals surface area contributed by atoms with E-state index in [0.29, 0.717) is 28.2 Å². The predicted octanol–water partition coefficient (Wildman–Crippen LogP) is 5.42. The van der Waals surface area contributed by atoms with Gasteiger partial charge in [-0.05, 0) is 36.4 Å². The number of amides is 1. The van der Waals surface area contributed by atoms with E-state index in [1.54, 1.807) is 13.2 Å². The van der Waals surface area contributed by atoms with E-state index in [4.69, 9.17) is 9.15 Å². The Bertz CT molecular complexity index is 1380. The summed E-state index contributed by atoms with van der Waals surface area (Å²) in [6.07, 6.45) is 0. The van der Waals surface area contributed by atoms with Crippen molar-refractivity contribution in [3.63, 3.8) is 0 Å². The summed E-state index contributed by atoms with van der Waals surface area (Å²) >= 11 is 1.31. The average Bonchev–Trinajstić information content (AvgIpc) is 3.47. The Kier molecular flexibility index (Phi) is 5.82. The minimum Gasteiger partial charge on any atom is -0.497 e. The molecule has 0 aliphatic heterocycles. The molecule has 0 atom stereocenters. The lowest BCUT2D eigenvalue weighted by Gasteiger charge is -2.09. The second-order valence-corrected chi connectivity index (χ2v) is 8.14. The number of rotatable bonds is 7. The highest BCUT2D eigenvalue weighted by molar-refractivity contribution is 7.99. The third-order valence-electron chi connectivity index (χ3n) is 4.98. The maximum atomic E-state index is 12.6. The van der Waals surface area contributed by atoms with Crippen LogP contribution in [0.15, 0.2) is 94.5 Å². The Balaban J connectivity index is 1.42. The summed E-state index contributed by atoms with van der Waals surface area (Å²) in [6, 6.07) is 26.8. The summed E-state index contributed by atoms with van der Waals surface area (Å²) in [4.78, 5) is 12.6. The van der Waals surface area contributed by atoms with Crippen molar-refractivity contribution < 1.29 is 13.9 Å². The van der Waals surface area contributed by atoms with Gasteiger partial charge in [0.25, 0.3) is 0 Å².